The van der Waals surface area contributed by atoms with Crippen LogP contribution in [0.5, 0.6) is 0 Å². The Morgan fingerprint density at radius 1 is 1.50 bits per heavy atom. The molecular weight excluding hydrogens is 176 g/mol. The Balaban J connectivity index is 2.46. The van der Waals surface area contributed by atoms with Crippen LogP contribution in [0.2, 0.25) is 0 Å². The zero-order valence-corrected chi connectivity index (χ0v) is 8.44. The van der Waals surface area contributed by atoms with Crippen LogP contribution >= 0.6 is 0 Å². The lowest BCUT2D eigenvalue weighted by Crippen LogP contribution is -1.98. The zero-order chi connectivity index (χ0) is 10.4. The molecule has 0 bridgehead atoms. The van der Waals surface area contributed by atoms with E-state index in [0.717, 1.165) is 18.4 Å². The number of hydrogen-bond acceptors (Lipinski definition) is 1. The molecule has 0 aromatic carbocycles. The van der Waals surface area contributed by atoms with Gasteiger partial charge < -0.3 is 5.11 Å². The maximum absolute atomic E-state index is 10.3. The van der Waals surface area contributed by atoms with Crippen LogP contribution in [0.3, 0.4) is 0 Å². The number of aliphatic carboxylic acids is 1. The fourth-order valence-corrected chi connectivity index (χ4v) is 1.52. The minimum atomic E-state index is -0.879. The van der Waals surface area contributed by atoms with Crippen molar-refractivity contribution in [2.45, 2.75) is 26.2 Å². The van der Waals surface area contributed by atoms with Gasteiger partial charge in [0.05, 0.1) is 0 Å². The Morgan fingerprint density at radius 2 is 2.29 bits per heavy atom. The van der Waals surface area contributed by atoms with E-state index in [4.69, 9.17) is 5.11 Å². The maximum atomic E-state index is 10.3. The molecule has 1 atom stereocenters. The fraction of sp³-hybridized carbons (Fsp3) is 0.417. The van der Waals surface area contributed by atoms with E-state index in [0.29, 0.717) is 5.92 Å². The van der Waals surface area contributed by atoms with E-state index in [1.807, 2.05) is 13.0 Å². The number of carbonyl (C=O) groups is 1. The molecule has 0 saturated heterocycles. The molecular formula is C12H16O2. The Labute approximate surface area is 84.6 Å². The third-order valence-electron chi connectivity index (χ3n) is 2.29. The predicted octanol–water partition coefficient (Wildman–Crippen LogP) is 2.93. The molecule has 0 aliphatic heterocycles. The predicted molar refractivity (Wildman–Crippen MR) is 57.0 cm³/mol. The van der Waals surface area contributed by atoms with Crippen molar-refractivity contribution in [1.29, 1.82) is 0 Å². The van der Waals surface area contributed by atoms with Gasteiger partial charge in [0.1, 0.15) is 0 Å². The molecule has 14 heavy (non-hydrogen) atoms. The van der Waals surface area contributed by atoms with Crippen molar-refractivity contribution >= 4 is 5.97 Å². The first-order valence-electron chi connectivity index (χ1n) is 4.93. The molecule has 1 aliphatic carbocycles. The Morgan fingerprint density at radius 3 is 2.86 bits per heavy atom. The summed E-state index contributed by atoms with van der Waals surface area (Å²) < 4.78 is 0. The average Bonchev–Trinajstić information content (AvgIpc) is 2.15. The van der Waals surface area contributed by atoms with E-state index < -0.39 is 5.97 Å². The number of carboxylic acids is 1. The second-order valence-electron chi connectivity index (χ2n) is 3.63. The molecule has 2 heteroatoms. The molecule has 76 valence electrons. The van der Waals surface area contributed by atoms with E-state index >= 15 is 0 Å². The van der Waals surface area contributed by atoms with Crippen LogP contribution in [-0.4, -0.2) is 11.1 Å². The number of hydrogen-bond donors (Lipinski definition) is 1. The topological polar surface area (TPSA) is 37.3 Å². The van der Waals surface area contributed by atoms with E-state index in [1.165, 1.54) is 12.5 Å². The number of carboxylic acid groups (broad SMARTS) is 1. The molecule has 0 aromatic heterocycles. The van der Waals surface area contributed by atoms with Gasteiger partial charge in [-0.05, 0) is 37.7 Å². The van der Waals surface area contributed by atoms with Crippen molar-refractivity contribution < 1.29 is 9.90 Å². The Hall–Kier alpha value is -1.31. The standard InChI is InChI=1S/C12H16O2/c1-10(9-12(13)14)7-8-11-5-3-2-4-6-11/h2-3,7-9,11H,4-6H2,1H3,(H,13,14)/b8-7+,10-9-. The molecule has 0 radical (unpaired) electrons. The van der Waals surface area contributed by atoms with Crippen molar-refractivity contribution in [3.8, 4) is 0 Å². The molecule has 0 heterocycles. The monoisotopic (exact) mass is 192 g/mol. The van der Waals surface area contributed by atoms with Gasteiger partial charge in [-0.1, -0.05) is 24.3 Å². The molecule has 0 saturated carbocycles. The highest BCUT2D eigenvalue weighted by atomic mass is 16.4. The second-order valence-corrected chi connectivity index (χ2v) is 3.63. The van der Waals surface area contributed by atoms with Crippen LogP contribution in [0, 0.1) is 5.92 Å². The van der Waals surface area contributed by atoms with Crippen LogP contribution in [0.15, 0.2) is 36.0 Å². The lowest BCUT2D eigenvalue weighted by Gasteiger charge is -2.12. The SMILES string of the molecule is CC(=C/C(=O)O)/C=C/C1CC=CCC1. The highest BCUT2D eigenvalue weighted by Crippen LogP contribution is 2.19. The van der Waals surface area contributed by atoms with Crippen LogP contribution < -0.4 is 0 Å². The molecule has 1 N–H and O–H groups in total. The van der Waals surface area contributed by atoms with E-state index in [1.54, 1.807) is 0 Å². The summed E-state index contributed by atoms with van der Waals surface area (Å²) in [6.45, 7) is 1.81. The minimum absolute atomic E-state index is 0.581. The van der Waals surface area contributed by atoms with Gasteiger partial charge in [0.2, 0.25) is 0 Å². The van der Waals surface area contributed by atoms with Crippen molar-refractivity contribution in [2.75, 3.05) is 0 Å². The van der Waals surface area contributed by atoms with Crippen molar-refractivity contribution in [2.24, 2.45) is 5.92 Å². The van der Waals surface area contributed by atoms with Gasteiger partial charge >= 0.3 is 5.97 Å². The van der Waals surface area contributed by atoms with Crippen molar-refractivity contribution in [3.63, 3.8) is 0 Å². The molecule has 0 amide bonds. The van der Waals surface area contributed by atoms with Gasteiger partial charge in [-0.2, -0.15) is 0 Å². The summed E-state index contributed by atoms with van der Waals surface area (Å²) >= 11 is 0. The van der Waals surface area contributed by atoms with E-state index in [-0.39, 0.29) is 0 Å². The smallest absolute Gasteiger partial charge is 0.328 e. The molecule has 0 fully saturated rings. The molecule has 1 unspecified atom stereocenters. The quantitative estimate of drug-likeness (QED) is 0.424. The highest BCUT2D eigenvalue weighted by molar-refractivity contribution is 5.81. The largest absolute Gasteiger partial charge is 0.478 e. The van der Waals surface area contributed by atoms with E-state index in [2.05, 4.69) is 18.2 Å². The number of allylic oxidation sites excluding steroid dienone is 5. The minimum Gasteiger partial charge on any atom is -0.478 e. The summed E-state index contributed by atoms with van der Waals surface area (Å²) in [7, 11) is 0. The summed E-state index contributed by atoms with van der Waals surface area (Å²) in [5, 5.41) is 8.50. The fourth-order valence-electron chi connectivity index (χ4n) is 1.52. The third kappa shape index (κ3) is 4.08. The molecule has 1 aliphatic rings. The Kier molecular flexibility index (Phi) is 4.17. The van der Waals surface area contributed by atoms with Crippen molar-refractivity contribution in [1.82, 2.24) is 0 Å². The molecule has 0 aromatic rings. The van der Waals surface area contributed by atoms with Crippen LogP contribution in [0.25, 0.3) is 0 Å². The lowest BCUT2D eigenvalue weighted by atomic mass is 9.93. The summed E-state index contributed by atoms with van der Waals surface area (Å²) in [6.07, 6.45) is 13.0. The van der Waals surface area contributed by atoms with Gasteiger partial charge in [0.15, 0.2) is 0 Å². The zero-order valence-electron chi connectivity index (χ0n) is 8.44. The first-order chi connectivity index (χ1) is 6.68. The average molecular weight is 192 g/mol. The third-order valence-corrected chi connectivity index (χ3v) is 2.29. The first kappa shape index (κ1) is 10.8. The van der Waals surface area contributed by atoms with Gasteiger partial charge in [-0.3, -0.25) is 0 Å². The van der Waals surface area contributed by atoms with Crippen LogP contribution in [-0.2, 0) is 4.79 Å². The second kappa shape index (κ2) is 5.43. The van der Waals surface area contributed by atoms with Crippen molar-refractivity contribution in [3.05, 3.63) is 36.0 Å². The van der Waals surface area contributed by atoms with E-state index in [9.17, 15) is 4.79 Å². The van der Waals surface area contributed by atoms with Gasteiger partial charge in [-0.25, -0.2) is 4.79 Å². The van der Waals surface area contributed by atoms with Crippen LogP contribution in [0.4, 0.5) is 0 Å². The van der Waals surface area contributed by atoms with Gasteiger partial charge in [0.25, 0.3) is 0 Å². The summed E-state index contributed by atoms with van der Waals surface area (Å²) in [4.78, 5) is 10.3. The summed E-state index contributed by atoms with van der Waals surface area (Å²) in [6, 6.07) is 0. The van der Waals surface area contributed by atoms with Gasteiger partial charge in [-0.15, -0.1) is 0 Å². The maximum Gasteiger partial charge on any atom is 0.328 e. The highest BCUT2D eigenvalue weighted by Gasteiger charge is 2.04. The van der Waals surface area contributed by atoms with Gasteiger partial charge in [0, 0.05) is 6.08 Å². The molecule has 2 nitrogen and oxygen atoms in total. The summed E-state index contributed by atoms with van der Waals surface area (Å²) in [5.74, 6) is -0.298. The molecule has 1 rings (SSSR count). The number of rotatable bonds is 3. The lowest BCUT2D eigenvalue weighted by molar-refractivity contribution is -0.131. The first-order valence-corrected chi connectivity index (χ1v) is 4.93. The molecule has 0 spiro atoms. The Bertz CT molecular complexity index is 285. The normalized spacial score (nSPS) is 22.9. The van der Waals surface area contributed by atoms with Crippen LogP contribution in [0.1, 0.15) is 26.2 Å². The summed E-state index contributed by atoms with van der Waals surface area (Å²) in [5.41, 5.74) is 0.798.